The Bertz CT molecular complexity index is 805. The molecule has 0 unspecified atom stereocenters. The third-order valence-electron chi connectivity index (χ3n) is 5.37. The number of H-pyrrole nitrogens is 1. The molecule has 1 aromatic rings. The number of nitrogens with one attached hydrogen (secondary N) is 3. The predicted molar refractivity (Wildman–Crippen MR) is 109 cm³/mol. The average Bonchev–Trinajstić information content (AvgIpc) is 3.26. The molecule has 2 aliphatic rings. The molecule has 1 aromatic heterocycles. The fourth-order valence-electron chi connectivity index (χ4n) is 4.24. The summed E-state index contributed by atoms with van der Waals surface area (Å²) in [5.41, 5.74) is 24.2. The van der Waals surface area contributed by atoms with Gasteiger partial charge in [0.25, 0.3) is 5.91 Å². The molecule has 28 heavy (non-hydrogen) atoms. The van der Waals surface area contributed by atoms with Gasteiger partial charge in [-0.15, -0.1) is 0 Å². The zero-order chi connectivity index (χ0) is 20.3. The molecule has 0 aromatic carbocycles. The third-order valence-corrected chi connectivity index (χ3v) is 5.37. The zero-order valence-electron chi connectivity index (χ0n) is 15.7. The summed E-state index contributed by atoms with van der Waals surface area (Å²) in [7, 11) is 0. The molecule has 11 N–H and O–H groups in total. The van der Waals surface area contributed by atoms with Crippen LogP contribution in [0.25, 0.3) is 5.70 Å². The maximum Gasteiger partial charge on any atom is 0.252 e. The predicted octanol–water partition coefficient (Wildman–Crippen LogP) is 0.00457. The van der Waals surface area contributed by atoms with Crippen molar-refractivity contribution < 1.29 is 4.79 Å². The van der Waals surface area contributed by atoms with Gasteiger partial charge in [-0.05, 0) is 50.0 Å². The molecule has 0 spiro atoms. The summed E-state index contributed by atoms with van der Waals surface area (Å²) in [6.07, 6.45) is 9.95. The third kappa shape index (κ3) is 3.98. The molecule has 150 valence electrons. The van der Waals surface area contributed by atoms with Gasteiger partial charge < -0.3 is 43.5 Å². The van der Waals surface area contributed by atoms with Crippen LogP contribution >= 0.6 is 0 Å². The lowest BCUT2D eigenvalue weighted by Gasteiger charge is -2.41. The van der Waals surface area contributed by atoms with Crippen LogP contribution in [0.15, 0.2) is 47.7 Å². The van der Waals surface area contributed by atoms with Gasteiger partial charge in [0.05, 0.1) is 28.6 Å². The molecule has 2 bridgehead atoms. The largest absolute Gasteiger partial charge is 0.386 e. The first-order valence-electron chi connectivity index (χ1n) is 9.32. The van der Waals surface area contributed by atoms with E-state index < -0.39 is 5.91 Å². The molecule has 3 rings (SSSR count). The van der Waals surface area contributed by atoms with Crippen molar-refractivity contribution in [2.75, 3.05) is 0 Å². The summed E-state index contributed by atoms with van der Waals surface area (Å²) < 4.78 is 0. The van der Waals surface area contributed by atoms with E-state index in [1.807, 2.05) is 12.1 Å². The number of nitrogens with two attached hydrogens (primary N) is 4. The Hall–Kier alpha value is -3.36. The molecule has 9 heteroatoms. The highest BCUT2D eigenvalue weighted by Gasteiger charge is 2.41. The van der Waals surface area contributed by atoms with Gasteiger partial charge in [-0.25, -0.2) is 0 Å². The molecule has 0 saturated carbocycles. The fraction of sp³-hybridized carbons (Fsp3) is 0.368. The van der Waals surface area contributed by atoms with E-state index in [9.17, 15) is 4.79 Å². The van der Waals surface area contributed by atoms with E-state index >= 15 is 0 Å². The van der Waals surface area contributed by atoms with Crippen molar-refractivity contribution in [2.24, 2.45) is 22.9 Å². The Labute approximate surface area is 164 Å². The van der Waals surface area contributed by atoms with Crippen LogP contribution in [0.2, 0.25) is 0 Å². The molecule has 9 nitrogen and oxygen atoms in total. The van der Waals surface area contributed by atoms with E-state index in [4.69, 9.17) is 28.3 Å². The van der Waals surface area contributed by atoms with Crippen molar-refractivity contribution >= 4 is 17.8 Å². The van der Waals surface area contributed by atoms with Crippen molar-refractivity contribution in [1.29, 1.82) is 5.41 Å². The molecule has 2 saturated heterocycles. The summed E-state index contributed by atoms with van der Waals surface area (Å²) >= 11 is 0. The van der Waals surface area contributed by atoms with Gasteiger partial charge >= 0.3 is 0 Å². The Morgan fingerprint density at radius 3 is 2.36 bits per heavy atom. The number of nitrogens with zero attached hydrogens (tertiary/aromatic N) is 1. The van der Waals surface area contributed by atoms with Crippen LogP contribution in [0.5, 0.6) is 0 Å². The molecular weight excluding hydrogens is 356 g/mol. The number of carbonyl (C=O) groups excluding carboxylic acids is 1. The molecule has 0 radical (unpaired) electrons. The number of piperidine rings is 1. The van der Waals surface area contributed by atoms with Crippen LogP contribution in [-0.2, 0) is 4.79 Å². The van der Waals surface area contributed by atoms with Crippen LogP contribution in [0.4, 0.5) is 0 Å². The van der Waals surface area contributed by atoms with Gasteiger partial charge in [-0.2, -0.15) is 0 Å². The average molecular weight is 384 g/mol. The minimum Gasteiger partial charge on any atom is -0.386 e. The Kier molecular flexibility index (Phi) is 5.62. The molecule has 3 heterocycles. The molecule has 0 aliphatic carbocycles. The van der Waals surface area contributed by atoms with Gasteiger partial charge in [0.15, 0.2) is 0 Å². The number of rotatable bonds is 7. The summed E-state index contributed by atoms with van der Waals surface area (Å²) in [5.74, 6) is 0.251. The summed E-state index contributed by atoms with van der Waals surface area (Å²) in [4.78, 5) is 17.1. The van der Waals surface area contributed by atoms with E-state index in [2.05, 4.69) is 15.2 Å². The van der Waals surface area contributed by atoms with Crippen molar-refractivity contribution in [1.82, 2.24) is 15.2 Å². The van der Waals surface area contributed by atoms with Crippen LogP contribution in [0, 0.1) is 5.41 Å². The minimum absolute atomic E-state index is 0.143. The number of aromatic nitrogens is 1. The van der Waals surface area contributed by atoms with Crippen molar-refractivity contribution in [3.63, 3.8) is 0 Å². The quantitative estimate of drug-likeness (QED) is 0.198. The topological polar surface area (TPSA) is 176 Å². The lowest BCUT2D eigenvalue weighted by atomic mass is 9.96. The van der Waals surface area contributed by atoms with E-state index in [1.165, 1.54) is 0 Å². The van der Waals surface area contributed by atoms with Crippen LogP contribution in [0.3, 0.4) is 0 Å². The lowest BCUT2D eigenvalue weighted by molar-refractivity contribution is -0.114. The second-order valence-electron chi connectivity index (χ2n) is 7.24. The number of hydrogen-bond donors (Lipinski definition) is 7. The van der Waals surface area contributed by atoms with Crippen molar-refractivity contribution in [3.8, 4) is 0 Å². The number of hydrogen-bond acceptors (Lipinski definition) is 7. The lowest BCUT2D eigenvalue weighted by Crippen LogP contribution is -2.49. The van der Waals surface area contributed by atoms with Crippen LogP contribution < -0.4 is 28.3 Å². The van der Waals surface area contributed by atoms with E-state index in [-0.39, 0.29) is 17.4 Å². The number of primary amides is 1. The summed E-state index contributed by atoms with van der Waals surface area (Å²) in [6.45, 7) is 0. The number of amides is 1. The van der Waals surface area contributed by atoms with Crippen molar-refractivity contribution in [3.05, 3.63) is 53.4 Å². The first-order chi connectivity index (χ1) is 13.4. The molecule has 2 aliphatic heterocycles. The highest BCUT2D eigenvalue weighted by molar-refractivity contribution is 6.16. The number of carbonyl (C=O) groups is 1. The van der Waals surface area contributed by atoms with Gasteiger partial charge in [0.2, 0.25) is 0 Å². The minimum atomic E-state index is -0.633. The molecule has 3 atom stereocenters. The SMILES string of the molecule is N=C/C(C(N)=O)=C(/N[C@@H]1C[C@H]2CC[C@@H](C1)N2/C(N)=C/C=C(N)N)c1ccc[nH]1. The number of allylic oxidation sites excluding steroid dienone is 2. The first kappa shape index (κ1) is 19.4. The van der Waals surface area contributed by atoms with Gasteiger partial charge in [-0.3, -0.25) is 4.79 Å². The van der Waals surface area contributed by atoms with E-state index in [0.717, 1.165) is 37.6 Å². The highest BCUT2D eigenvalue weighted by Crippen LogP contribution is 2.38. The number of aromatic amines is 1. The highest BCUT2D eigenvalue weighted by atomic mass is 16.1. The van der Waals surface area contributed by atoms with Crippen LogP contribution in [-0.4, -0.2) is 40.1 Å². The second kappa shape index (κ2) is 8.12. The number of fused-ring (bicyclic) bond motifs is 2. The Morgan fingerprint density at radius 2 is 1.86 bits per heavy atom. The summed E-state index contributed by atoms with van der Waals surface area (Å²) in [5, 5.41) is 11.1. The van der Waals surface area contributed by atoms with Crippen molar-refractivity contribution in [2.45, 2.75) is 43.8 Å². The van der Waals surface area contributed by atoms with Crippen LogP contribution in [0.1, 0.15) is 31.4 Å². The maximum absolute atomic E-state index is 11.8. The summed E-state index contributed by atoms with van der Waals surface area (Å²) in [6, 6.07) is 4.42. The van der Waals surface area contributed by atoms with Gasteiger partial charge in [-0.1, -0.05) is 0 Å². The Balaban J connectivity index is 1.80. The van der Waals surface area contributed by atoms with E-state index in [0.29, 0.717) is 23.6 Å². The molecular formula is C19H28N8O. The molecule has 2 fully saturated rings. The van der Waals surface area contributed by atoms with Gasteiger partial charge in [0, 0.05) is 30.5 Å². The first-order valence-corrected chi connectivity index (χ1v) is 9.32. The fourth-order valence-corrected chi connectivity index (χ4v) is 4.24. The molecule has 1 amide bonds. The second-order valence-corrected chi connectivity index (χ2v) is 7.24. The maximum atomic E-state index is 11.8. The van der Waals surface area contributed by atoms with E-state index in [1.54, 1.807) is 18.3 Å². The zero-order valence-corrected chi connectivity index (χ0v) is 15.7. The normalized spacial score (nSPS) is 25.1. The smallest absolute Gasteiger partial charge is 0.252 e. The van der Waals surface area contributed by atoms with Gasteiger partial charge in [0.1, 0.15) is 0 Å². The Morgan fingerprint density at radius 1 is 1.18 bits per heavy atom. The monoisotopic (exact) mass is 384 g/mol. The standard InChI is InChI=1S/C19H28N8O/c20-10-14(19(24)28)18(15-2-1-7-25-15)26-11-8-12-3-4-13(9-11)27(12)17(23)6-5-16(21)22/h1-2,5-7,10-13,20,25-26H,3-4,8-9,21-23H2,(H2,24,28)/b17-6+,18-14-,20-10?/t11-,12-,13+.